The van der Waals surface area contributed by atoms with Crippen molar-refractivity contribution >= 4 is 15.9 Å². The number of aryl methyl sites for hydroxylation is 1. The monoisotopic (exact) mass is 492 g/mol. The lowest BCUT2D eigenvalue weighted by molar-refractivity contribution is -0.138. The van der Waals surface area contributed by atoms with Crippen LogP contribution >= 0.6 is 0 Å². The first-order valence-electron chi connectivity index (χ1n) is 11.9. The lowest BCUT2D eigenvalue weighted by atomic mass is 9.97. The number of ether oxygens (including phenoxy) is 1. The molecule has 1 aliphatic rings. The van der Waals surface area contributed by atoms with Crippen LogP contribution in [0, 0.1) is 12.8 Å². The van der Waals surface area contributed by atoms with Crippen LogP contribution in [0.2, 0.25) is 0 Å². The van der Waals surface area contributed by atoms with Crippen LogP contribution in [0.5, 0.6) is 5.75 Å². The van der Waals surface area contributed by atoms with E-state index in [0.717, 1.165) is 16.7 Å². The SMILES string of the molecule is COc1ccc(C)cc1S(=O)(=O)N1CCC[C@H](C(=O)N(Cc2ccccc2)Cc2ccccc2)C1. The number of benzene rings is 3. The quantitative estimate of drug-likeness (QED) is 0.460. The molecule has 184 valence electrons. The van der Waals surface area contributed by atoms with Crippen molar-refractivity contribution in [3.8, 4) is 5.75 Å². The van der Waals surface area contributed by atoms with Crippen molar-refractivity contribution < 1.29 is 17.9 Å². The maximum atomic E-state index is 13.8. The largest absolute Gasteiger partial charge is 0.495 e. The molecule has 0 radical (unpaired) electrons. The highest BCUT2D eigenvalue weighted by molar-refractivity contribution is 7.89. The second-order valence-corrected chi connectivity index (χ2v) is 10.9. The highest BCUT2D eigenvalue weighted by atomic mass is 32.2. The van der Waals surface area contributed by atoms with Gasteiger partial charge in [-0.25, -0.2) is 8.42 Å². The Labute approximate surface area is 208 Å². The summed E-state index contributed by atoms with van der Waals surface area (Å²) in [6, 6.07) is 24.9. The molecule has 0 aliphatic carbocycles. The summed E-state index contributed by atoms with van der Waals surface area (Å²) < 4.78 is 33.9. The number of carbonyl (C=O) groups is 1. The minimum Gasteiger partial charge on any atom is -0.495 e. The standard InChI is InChI=1S/C28H32N2O4S/c1-22-15-16-26(34-2)27(18-22)35(32,33)30-17-9-14-25(21-30)28(31)29(19-23-10-5-3-6-11-23)20-24-12-7-4-8-13-24/h3-8,10-13,15-16,18,25H,9,14,17,19-21H2,1-2H3/t25-/m0/s1. The first-order valence-corrected chi connectivity index (χ1v) is 13.3. The molecule has 0 spiro atoms. The zero-order valence-electron chi connectivity index (χ0n) is 20.3. The number of nitrogens with zero attached hydrogens (tertiary/aromatic N) is 2. The third-order valence-electron chi connectivity index (χ3n) is 6.41. The van der Waals surface area contributed by atoms with Gasteiger partial charge in [-0.15, -0.1) is 0 Å². The second kappa shape index (κ2) is 11.1. The van der Waals surface area contributed by atoms with Gasteiger partial charge >= 0.3 is 0 Å². The lowest BCUT2D eigenvalue weighted by Crippen LogP contribution is -2.46. The molecule has 0 unspecified atom stereocenters. The Kier molecular flexibility index (Phi) is 7.88. The van der Waals surface area contributed by atoms with Gasteiger partial charge in [-0.2, -0.15) is 4.31 Å². The van der Waals surface area contributed by atoms with E-state index < -0.39 is 15.9 Å². The zero-order chi connectivity index (χ0) is 24.8. The molecule has 0 saturated carbocycles. The zero-order valence-corrected chi connectivity index (χ0v) is 21.1. The first kappa shape index (κ1) is 24.9. The molecular weight excluding hydrogens is 460 g/mol. The molecule has 0 aromatic heterocycles. The fourth-order valence-electron chi connectivity index (χ4n) is 4.56. The molecule has 6 nitrogen and oxygen atoms in total. The van der Waals surface area contributed by atoms with Gasteiger partial charge in [-0.3, -0.25) is 4.79 Å². The van der Waals surface area contributed by atoms with Gasteiger partial charge in [0.1, 0.15) is 10.6 Å². The smallest absolute Gasteiger partial charge is 0.246 e. The van der Waals surface area contributed by atoms with Gasteiger partial charge < -0.3 is 9.64 Å². The molecule has 1 heterocycles. The molecule has 4 rings (SSSR count). The predicted molar refractivity (Wildman–Crippen MR) is 136 cm³/mol. The van der Waals surface area contributed by atoms with Crippen molar-refractivity contribution in [3.05, 3.63) is 95.6 Å². The lowest BCUT2D eigenvalue weighted by Gasteiger charge is -2.34. The normalized spacial score (nSPS) is 16.6. The van der Waals surface area contributed by atoms with Crippen LogP contribution in [-0.2, 0) is 27.9 Å². The summed E-state index contributed by atoms with van der Waals surface area (Å²) in [4.78, 5) is 15.8. The van der Waals surface area contributed by atoms with Crippen molar-refractivity contribution in [2.75, 3.05) is 20.2 Å². The van der Waals surface area contributed by atoms with Crippen LogP contribution < -0.4 is 4.74 Å². The maximum absolute atomic E-state index is 13.8. The van der Waals surface area contributed by atoms with Crippen LogP contribution in [0.1, 0.15) is 29.5 Å². The molecule has 7 heteroatoms. The van der Waals surface area contributed by atoms with E-state index in [1.165, 1.54) is 11.4 Å². The highest BCUT2D eigenvalue weighted by Gasteiger charge is 2.36. The van der Waals surface area contributed by atoms with Gasteiger partial charge in [0, 0.05) is 26.2 Å². The predicted octanol–water partition coefficient (Wildman–Crippen LogP) is 4.63. The summed E-state index contributed by atoms with van der Waals surface area (Å²) in [6.07, 6.45) is 1.30. The topological polar surface area (TPSA) is 66.9 Å². The number of piperidine rings is 1. The van der Waals surface area contributed by atoms with Crippen molar-refractivity contribution in [1.29, 1.82) is 0 Å². The number of amides is 1. The Morgan fingerprint density at radius 3 is 2.14 bits per heavy atom. The van der Waals surface area contributed by atoms with Crippen molar-refractivity contribution in [1.82, 2.24) is 9.21 Å². The van der Waals surface area contributed by atoms with Crippen LogP contribution in [0.4, 0.5) is 0 Å². The highest BCUT2D eigenvalue weighted by Crippen LogP contribution is 2.31. The van der Waals surface area contributed by atoms with Gasteiger partial charge in [0.25, 0.3) is 0 Å². The molecule has 3 aromatic rings. The van der Waals surface area contributed by atoms with Crippen molar-refractivity contribution in [2.45, 2.75) is 37.8 Å². The molecule has 1 amide bonds. The molecule has 0 bridgehead atoms. The number of methoxy groups -OCH3 is 1. The van der Waals surface area contributed by atoms with E-state index >= 15 is 0 Å². The number of rotatable bonds is 8. The first-order chi connectivity index (χ1) is 16.9. The fourth-order valence-corrected chi connectivity index (χ4v) is 6.33. The molecule has 3 aromatic carbocycles. The van der Waals surface area contributed by atoms with Crippen LogP contribution in [0.3, 0.4) is 0 Å². The Bertz CT molecular complexity index is 1200. The van der Waals surface area contributed by atoms with Crippen molar-refractivity contribution in [3.63, 3.8) is 0 Å². The Balaban J connectivity index is 1.57. The summed E-state index contributed by atoms with van der Waals surface area (Å²) in [5.74, 6) is -0.102. The average Bonchev–Trinajstić information content (AvgIpc) is 2.89. The number of hydrogen-bond donors (Lipinski definition) is 0. The summed E-state index contributed by atoms with van der Waals surface area (Å²) >= 11 is 0. The van der Waals surface area contributed by atoms with E-state index in [0.29, 0.717) is 38.2 Å². The van der Waals surface area contributed by atoms with Gasteiger partial charge in [-0.1, -0.05) is 66.7 Å². The third kappa shape index (κ3) is 5.92. The summed E-state index contributed by atoms with van der Waals surface area (Å²) in [5, 5.41) is 0. The third-order valence-corrected chi connectivity index (χ3v) is 8.30. The van der Waals surface area contributed by atoms with Gasteiger partial charge in [-0.05, 0) is 48.6 Å². The molecule has 0 N–H and O–H groups in total. The minimum atomic E-state index is -3.80. The Morgan fingerprint density at radius 1 is 0.971 bits per heavy atom. The molecule has 1 aliphatic heterocycles. The Hall–Kier alpha value is -3.16. The number of sulfonamides is 1. The molecule has 1 fully saturated rings. The van der Waals surface area contributed by atoms with Gasteiger partial charge in [0.15, 0.2) is 0 Å². The summed E-state index contributed by atoms with van der Waals surface area (Å²) in [7, 11) is -2.33. The number of hydrogen-bond acceptors (Lipinski definition) is 4. The van der Waals surface area contributed by atoms with Gasteiger partial charge in [0.05, 0.1) is 13.0 Å². The Morgan fingerprint density at radius 2 is 1.57 bits per heavy atom. The fraction of sp³-hybridized carbons (Fsp3) is 0.321. The minimum absolute atomic E-state index is 0.0196. The average molecular weight is 493 g/mol. The van der Waals surface area contributed by atoms with E-state index in [9.17, 15) is 13.2 Å². The molecular formula is C28H32N2O4S. The summed E-state index contributed by atoms with van der Waals surface area (Å²) in [5.41, 5.74) is 2.93. The van der Waals surface area contributed by atoms with Crippen LogP contribution in [0.15, 0.2) is 83.8 Å². The van der Waals surface area contributed by atoms with E-state index in [4.69, 9.17) is 4.74 Å². The van der Waals surface area contributed by atoms with E-state index in [2.05, 4.69) is 0 Å². The van der Waals surface area contributed by atoms with Crippen molar-refractivity contribution in [2.24, 2.45) is 5.92 Å². The van der Waals surface area contributed by atoms with E-state index in [1.54, 1.807) is 12.1 Å². The molecule has 1 atom stereocenters. The number of carbonyl (C=O) groups excluding carboxylic acids is 1. The maximum Gasteiger partial charge on any atom is 0.246 e. The van der Waals surface area contributed by atoms with Crippen LogP contribution in [0.25, 0.3) is 0 Å². The molecule has 35 heavy (non-hydrogen) atoms. The summed E-state index contributed by atoms with van der Waals surface area (Å²) in [6.45, 7) is 3.36. The van der Waals surface area contributed by atoms with Crippen LogP contribution in [-0.4, -0.2) is 43.7 Å². The van der Waals surface area contributed by atoms with E-state index in [-0.39, 0.29) is 17.3 Å². The van der Waals surface area contributed by atoms with E-state index in [1.807, 2.05) is 78.6 Å². The van der Waals surface area contributed by atoms with Gasteiger partial charge in [0.2, 0.25) is 15.9 Å². The second-order valence-electron chi connectivity index (χ2n) is 9.02. The molecule has 1 saturated heterocycles.